The predicted molar refractivity (Wildman–Crippen MR) is 89.7 cm³/mol. The standard InChI is InChI=1S/C16H18N4O2S/c1-4-5-15-18-19-16(23-15)17-14(21)8-12-11-6-9(2)10(3)7-13(11)22-20-12/h6-7H,4-5,8H2,1-3H3,(H,17,19,21). The van der Waals surface area contributed by atoms with Gasteiger partial charge in [-0.15, -0.1) is 10.2 Å². The average molecular weight is 330 g/mol. The molecule has 0 aliphatic heterocycles. The number of carbonyl (C=O) groups excluding carboxylic acids is 1. The highest BCUT2D eigenvalue weighted by Crippen LogP contribution is 2.23. The van der Waals surface area contributed by atoms with Gasteiger partial charge in [0.25, 0.3) is 0 Å². The molecule has 0 bridgehead atoms. The van der Waals surface area contributed by atoms with Crippen LogP contribution in [0.3, 0.4) is 0 Å². The minimum atomic E-state index is -0.169. The lowest BCUT2D eigenvalue weighted by Crippen LogP contribution is -2.14. The van der Waals surface area contributed by atoms with Crippen LogP contribution in [-0.4, -0.2) is 21.3 Å². The molecule has 0 atom stereocenters. The Morgan fingerprint density at radius 3 is 2.83 bits per heavy atom. The maximum atomic E-state index is 12.2. The van der Waals surface area contributed by atoms with Crippen LogP contribution in [-0.2, 0) is 17.6 Å². The highest BCUT2D eigenvalue weighted by atomic mass is 32.1. The maximum Gasteiger partial charge on any atom is 0.232 e. The fourth-order valence-electron chi connectivity index (χ4n) is 2.31. The number of hydrogen-bond acceptors (Lipinski definition) is 6. The van der Waals surface area contributed by atoms with Crippen molar-refractivity contribution >= 4 is 33.3 Å². The van der Waals surface area contributed by atoms with Crippen molar-refractivity contribution in [3.8, 4) is 0 Å². The van der Waals surface area contributed by atoms with Gasteiger partial charge in [0, 0.05) is 11.8 Å². The van der Waals surface area contributed by atoms with Gasteiger partial charge in [-0.2, -0.15) is 0 Å². The van der Waals surface area contributed by atoms with Crippen molar-refractivity contribution in [1.29, 1.82) is 0 Å². The summed E-state index contributed by atoms with van der Waals surface area (Å²) in [5, 5.41) is 17.2. The van der Waals surface area contributed by atoms with Crippen molar-refractivity contribution in [2.24, 2.45) is 0 Å². The van der Waals surface area contributed by atoms with E-state index in [1.807, 2.05) is 26.0 Å². The minimum absolute atomic E-state index is 0.151. The second kappa shape index (κ2) is 6.45. The van der Waals surface area contributed by atoms with Crippen LogP contribution in [0.2, 0.25) is 0 Å². The SMILES string of the molecule is CCCc1nnc(NC(=O)Cc2noc3cc(C)c(C)cc23)s1. The van der Waals surface area contributed by atoms with Crippen LogP contribution in [0.1, 0.15) is 35.2 Å². The topological polar surface area (TPSA) is 80.9 Å². The molecule has 1 amide bonds. The van der Waals surface area contributed by atoms with Crippen LogP contribution < -0.4 is 5.32 Å². The van der Waals surface area contributed by atoms with Gasteiger partial charge in [0.2, 0.25) is 11.0 Å². The van der Waals surface area contributed by atoms with E-state index in [2.05, 4.69) is 27.6 Å². The number of hydrogen-bond donors (Lipinski definition) is 1. The first-order valence-electron chi connectivity index (χ1n) is 7.54. The highest BCUT2D eigenvalue weighted by Gasteiger charge is 2.15. The highest BCUT2D eigenvalue weighted by molar-refractivity contribution is 7.15. The second-order valence-electron chi connectivity index (χ2n) is 5.54. The van der Waals surface area contributed by atoms with Crippen LogP contribution in [0.25, 0.3) is 11.0 Å². The molecule has 120 valence electrons. The van der Waals surface area contributed by atoms with Gasteiger partial charge in [-0.3, -0.25) is 4.79 Å². The van der Waals surface area contributed by atoms with E-state index in [9.17, 15) is 4.79 Å². The quantitative estimate of drug-likeness (QED) is 0.775. The molecule has 0 aliphatic rings. The zero-order valence-corrected chi connectivity index (χ0v) is 14.2. The molecule has 0 spiro atoms. The van der Waals surface area contributed by atoms with Gasteiger partial charge in [0.1, 0.15) is 10.7 Å². The lowest BCUT2D eigenvalue weighted by molar-refractivity contribution is -0.115. The van der Waals surface area contributed by atoms with E-state index in [0.717, 1.165) is 34.4 Å². The Hall–Kier alpha value is -2.28. The summed E-state index contributed by atoms with van der Waals surface area (Å²) in [6.45, 7) is 6.13. The van der Waals surface area contributed by atoms with E-state index in [1.165, 1.54) is 11.3 Å². The van der Waals surface area contributed by atoms with E-state index >= 15 is 0 Å². The number of carbonyl (C=O) groups is 1. The molecular formula is C16H18N4O2S. The molecule has 0 fully saturated rings. The van der Waals surface area contributed by atoms with Crippen LogP contribution in [0.5, 0.6) is 0 Å². The molecule has 0 radical (unpaired) electrons. The van der Waals surface area contributed by atoms with Gasteiger partial charge in [-0.1, -0.05) is 23.4 Å². The first-order chi connectivity index (χ1) is 11.1. The number of fused-ring (bicyclic) bond motifs is 1. The van der Waals surface area contributed by atoms with E-state index < -0.39 is 0 Å². The largest absolute Gasteiger partial charge is 0.356 e. The number of anilines is 1. The molecule has 0 unspecified atom stereocenters. The average Bonchev–Trinajstić information content (AvgIpc) is 3.08. The fourth-order valence-corrected chi connectivity index (χ4v) is 3.16. The molecule has 7 heteroatoms. The molecule has 0 saturated heterocycles. The second-order valence-corrected chi connectivity index (χ2v) is 6.60. The fraction of sp³-hybridized carbons (Fsp3) is 0.375. The number of benzene rings is 1. The minimum Gasteiger partial charge on any atom is -0.356 e. The normalized spacial score (nSPS) is 11.1. The van der Waals surface area contributed by atoms with Gasteiger partial charge < -0.3 is 9.84 Å². The van der Waals surface area contributed by atoms with Crippen LogP contribution in [0.15, 0.2) is 16.7 Å². The summed E-state index contributed by atoms with van der Waals surface area (Å²) in [5.41, 5.74) is 3.63. The predicted octanol–water partition coefficient (Wildman–Crippen LogP) is 3.43. The molecule has 3 aromatic rings. The lowest BCUT2D eigenvalue weighted by Gasteiger charge is -2.00. The summed E-state index contributed by atoms with van der Waals surface area (Å²) in [5.74, 6) is -0.169. The third-order valence-corrected chi connectivity index (χ3v) is 4.56. The van der Waals surface area contributed by atoms with Crippen molar-refractivity contribution in [2.75, 3.05) is 5.32 Å². The summed E-state index contributed by atoms with van der Waals surface area (Å²) in [4.78, 5) is 12.2. The van der Waals surface area contributed by atoms with Gasteiger partial charge in [0.05, 0.1) is 6.42 Å². The van der Waals surface area contributed by atoms with E-state index in [0.29, 0.717) is 16.4 Å². The summed E-state index contributed by atoms with van der Waals surface area (Å²) in [7, 11) is 0. The molecule has 6 nitrogen and oxygen atoms in total. The Bertz CT molecular complexity index is 853. The monoisotopic (exact) mass is 330 g/mol. The first kappa shape index (κ1) is 15.6. The first-order valence-corrected chi connectivity index (χ1v) is 8.36. The summed E-state index contributed by atoms with van der Waals surface area (Å²) < 4.78 is 5.32. The van der Waals surface area contributed by atoms with E-state index in [-0.39, 0.29) is 12.3 Å². The Kier molecular flexibility index (Phi) is 4.38. The number of amides is 1. The third-order valence-electron chi connectivity index (χ3n) is 3.67. The molecule has 1 N–H and O–H groups in total. The van der Waals surface area contributed by atoms with E-state index in [4.69, 9.17) is 4.52 Å². The van der Waals surface area contributed by atoms with Crippen molar-refractivity contribution in [3.63, 3.8) is 0 Å². The van der Waals surface area contributed by atoms with E-state index in [1.54, 1.807) is 0 Å². The number of nitrogens with zero attached hydrogens (tertiary/aromatic N) is 3. The van der Waals surface area contributed by atoms with Crippen molar-refractivity contribution in [3.05, 3.63) is 34.0 Å². The number of aromatic nitrogens is 3. The Balaban J connectivity index is 1.73. The molecule has 2 aromatic heterocycles. The number of aryl methyl sites for hydroxylation is 3. The summed E-state index contributed by atoms with van der Waals surface area (Å²) in [6, 6.07) is 3.95. The summed E-state index contributed by atoms with van der Waals surface area (Å²) in [6.07, 6.45) is 2.03. The van der Waals surface area contributed by atoms with Crippen LogP contribution in [0, 0.1) is 13.8 Å². The molecule has 0 saturated carbocycles. The molecule has 3 rings (SSSR count). The van der Waals surface area contributed by atoms with Gasteiger partial charge in [-0.25, -0.2) is 0 Å². The lowest BCUT2D eigenvalue weighted by atomic mass is 10.1. The number of nitrogens with one attached hydrogen (secondary N) is 1. The Labute approximate surface area is 137 Å². The van der Waals surface area contributed by atoms with Crippen molar-refractivity contribution < 1.29 is 9.32 Å². The molecule has 23 heavy (non-hydrogen) atoms. The van der Waals surface area contributed by atoms with Gasteiger partial charge in [0.15, 0.2) is 5.58 Å². The van der Waals surface area contributed by atoms with Gasteiger partial charge >= 0.3 is 0 Å². The molecule has 2 heterocycles. The van der Waals surface area contributed by atoms with Crippen molar-refractivity contribution in [1.82, 2.24) is 15.4 Å². The smallest absolute Gasteiger partial charge is 0.232 e. The molecular weight excluding hydrogens is 312 g/mol. The Morgan fingerprint density at radius 1 is 1.26 bits per heavy atom. The van der Waals surface area contributed by atoms with Crippen molar-refractivity contribution in [2.45, 2.75) is 40.0 Å². The number of rotatable bonds is 5. The third kappa shape index (κ3) is 3.39. The maximum absolute atomic E-state index is 12.2. The zero-order valence-electron chi connectivity index (χ0n) is 13.3. The summed E-state index contributed by atoms with van der Waals surface area (Å²) >= 11 is 1.41. The Morgan fingerprint density at radius 2 is 2.04 bits per heavy atom. The van der Waals surface area contributed by atoms with Gasteiger partial charge in [-0.05, 0) is 43.5 Å². The molecule has 1 aromatic carbocycles. The molecule has 0 aliphatic carbocycles. The van der Waals surface area contributed by atoms with Crippen LogP contribution in [0.4, 0.5) is 5.13 Å². The zero-order chi connectivity index (χ0) is 16.4. The van der Waals surface area contributed by atoms with Crippen LogP contribution >= 0.6 is 11.3 Å².